The van der Waals surface area contributed by atoms with Crippen molar-refractivity contribution in [3.8, 4) is 0 Å². The van der Waals surface area contributed by atoms with Crippen LogP contribution in [-0.2, 0) is 18.0 Å². The van der Waals surface area contributed by atoms with Gasteiger partial charge in [-0.3, -0.25) is 0 Å². The second kappa shape index (κ2) is 12.5. The molecule has 7 heteroatoms. The molecule has 17 heavy (non-hydrogen) atoms. The first kappa shape index (κ1) is 17.1. The first-order valence-corrected chi connectivity index (χ1v) is 8.33. The van der Waals surface area contributed by atoms with Crippen molar-refractivity contribution in [1.82, 2.24) is 0 Å². The van der Waals surface area contributed by atoms with Crippen LogP contribution in [0.2, 0.25) is 0 Å². The van der Waals surface area contributed by atoms with Crippen LogP contribution < -0.4 is 0 Å². The van der Waals surface area contributed by atoms with Crippen molar-refractivity contribution in [3.63, 3.8) is 0 Å². The summed E-state index contributed by atoms with van der Waals surface area (Å²) in [5.74, 6) is 0. The van der Waals surface area contributed by atoms with Gasteiger partial charge >= 0.3 is 16.5 Å². The van der Waals surface area contributed by atoms with E-state index in [1.165, 1.54) is 32.1 Å². The minimum absolute atomic E-state index is 0.313. The van der Waals surface area contributed by atoms with E-state index >= 15 is 0 Å². The maximum Gasteiger partial charge on any atom is 0.747 e. The van der Waals surface area contributed by atoms with E-state index in [4.69, 9.17) is 9.42 Å². The van der Waals surface area contributed by atoms with Crippen LogP contribution in [0.1, 0.15) is 58.3 Å². The number of rotatable bonds is 12. The molecule has 0 aliphatic heterocycles. The van der Waals surface area contributed by atoms with Gasteiger partial charge in [0, 0.05) is 9.13 Å². The molecule has 0 radical (unpaired) electrons. The Bertz CT molecular complexity index is 223. The molecule has 0 aliphatic carbocycles. The van der Waals surface area contributed by atoms with Crippen molar-refractivity contribution in [2.45, 2.75) is 58.3 Å². The number of unbranched alkanes of at least 4 members (excludes halogenated alkanes) is 7. The van der Waals surface area contributed by atoms with Crippen molar-refractivity contribution >= 4 is 16.5 Å². The third-order valence-corrected chi connectivity index (χ3v) is 3.82. The number of hydrogen-bond acceptors (Lipinski definition) is 4. The molecular weight excluding hydrogens is 262 g/mol. The third-order valence-electron chi connectivity index (χ3n) is 2.33. The van der Waals surface area contributed by atoms with Gasteiger partial charge in [-0.15, -0.1) is 9.42 Å². The molecule has 5 nitrogen and oxygen atoms in total. The highest BCUT2D eigenvalue weighted by Crippen LogP contribution is 2.36. The molecule has 2 atom stereocenters. The zero-order chi connectivity index (χ0) is 12.9. The summed E-state index contributed by atoms with van der Waals surface area (Å²) in [6.07, 6.45) is 9.35. The van der Waals surface area contributed by atoms with Gasteiger partial charge in [-0.25, -0.2) is 0 Å². The zero-order valence-electron chi connectivity index (χ0n) is 10.3. The fraction of sp³-hybridized carbons (Fsp3) is 1.00. The highest BCUT2D eigenvalue weighted by molar-refractivity contribution is 7.47. The highest BCUT2D eigenvalue weighted by Gasteiger charge is 2.36. The van der Waals surface area contributed by atoms with E-state index in [0.717, 1.165) is 19.3 Å². The van der Waals surface area contributed by atoms with Crippen molar-refractivity contribution < 1.29 is 22.9 Å². The Balaban J connectivity index is 3.13. The van der Waals surface area contributed by atoms with Gasteiger partial charge in [-0.05, 0) is 6.42 Å². The van der Waals surface area contributed by atoms with Crippen LogP contribution in [0.3, 0.4) is 0 Å². The molecule has 0 saturated carbocycles. The molecule has 0 aromatic carbocycles. The summed E-state index contributed by atoms with van der Waals surface area (Å²) < 4.78 is 29.8. The molecule has 0 aromatic rings. The van der Waals surface area contributed by atoms with Crippen LogP contribution >= 0.6 is 16.5 Å². The van der Waals surface area contributed by atoms with Crippen LogP contribution in [0.5, 0.6) is 0 Å². The molecule has 0 bridgehead atoms. The summed E-state index contributed by atoms with van der Waals surface area (Å²) in [6.45, 7) is 2.51. The van der Waals surface area contributed by atoms with Gasteiger partial charge in [0.25, 0.3) is 0 Å². The summed E-state index contributed by atoms with van der Waals surface area (Å²) in [6, 6.07) is 0. The molecule has 0 rings (SSSR count). The van der Waals surface area contributed by atoms with Crippen LogP contribution in [0.15, 0.2) is 0 Å². The van der Waals surface area contributed by atoms with E-state index in [-0.39, 0.29) is 0 Å². The second-order valence-electron chi connectivity index (χ2n) is 3.85. The monoisotopic (exact) mass is 284 g/mol. The lowest BCUT2D eigenvalue weighted by molar-refractivity contribution is 0.272. The largest absolute Gasteiger partial charge is 0.747 e. The first-order valence-electron chi connectivity index (χ1n) is 6.11. The lowest BCUT2D eigenvalue weighted by Crippen LogP contribution is -1.88. The SMILES string of the molecule is CCCCCCCCCCO[P+](=O)O[P+](=O)O. The van der Waals surface area contributed by atoms with Crippen molar-refractivity contribution in [2.24, 2.45) is 0 Å². The van der Waals surface area contributed by atoms with E-state index in [0.29, 0.717) is 6.61 Å². The van der Waals surface area contributed by atoms with Gasteiger partial charge in [0.05, 0.1) is 0 Å². The molecule has 0 aromatic heterocycles. The Morgan fingerprint density at radius 3 is 2.00 bits per heavy atom. The fourth-order valence-corrected chi connectivity index (χ4v) is 2.38. The van der Waals surface area contributed by atoms with Crippen LogP contribution in [0.25, 0.3) is 0 Å². The van der Waals surface area contributed by atoms with Crippen LogP contribution in [0.4, 0.5) is 0 Å². The van der Waals surface area contributed by atoms with E-state index in [9.17, 15) is 9.13 Å². The lowest BCUT2D eigenvalue weighted by atomic mass is 10.1. The topological polar surface area (TPSA) is 72.8 Å². The van der Waals surface area contributed by atoms with Gasteiger partial charge in [-0.2, -0.15) is 0 Å². The Hall–Kier alpha value is 0.0800. The normalized spacial score (nSPS) is 12.6. The predicted octanol–water partition coefficient (Wildman–Crippen LogP) is 4.47. The molecule has 0 spiro atoms. The molecule has 2 unspecified atom stereocenters. The Morgan fingerprint density at radius 2 is 1.47 bits per heavy atom. The summed E-state index contributed by atoms with van der Waals surface area (Å²) >= 11 is 0. The third kappa shape index (κ3) is 14.0. The molecule has 0 fully saturated rings. The average molecular weight is 284 g/mol. The summed E-state index contributed by atoms with van der Waals surface area (Å²) in [4.78, 5) is 8.29. The van der Waals surface area contributed by atoms with Crippen molar-refractivity contribution in [3.05, 3.63) is 0 Å². The summed E-state index contributed by atoms with van der Waals surface area (Å²) in [7, 11) is -5.27. The van der Waals surface area contributed by atoms with Crippen LogP contribution in [0, 0.1) is 0 Å². The zero-order valence-corrected chi connectivity index (χ0v) is 12.1. The van der Waals surface area contributed by atoms with Gasteiger partial charge in [0.1, 0.15) is 6.61 Å². The van der Waals surface area contributed by atoms with E-state index < -0.39 is 16.5 Å². The Morgan fingerprint density at radius 1 is 0.941 bits per heavy atom. The molecular formula is C10H22O5P2+2. The van der Waals surface area contributed by atoms with E-state index in [1.807, 2.05) is 0 Å². The standard InChI is InChI=1S/C10H21O5P2/c1-2-3-4-5-6-7-8-9-10-14-17(13)15-16(11)12/h2-10H2,1H3/q+1/p+1. The predicted molar refractivity (Wildman–Crippen MR) is 67.1 cm³/mol. The smallest absolute Gasteiger partial charge is 0.131 e. The molecule has 0 saturated heterocycles. The molecule has 0 amide bonds. The minimum atomic E-state index is -2.83. The summed E-state index contributed by atoms with van der Waals surface area (Å²) in [5, 5.41) is 0. The molecule has 1 N–H and O–H groups in total. The quantitative estimate of drug-likeness (QED) is 0.423. The maximum absolute atomic E-state index is 10.8. The minimum Gasteiger partial charge on any atom is -0.131 e. The van der Waals surface area contributed by atoms with E-state index in [1.54, 1.807) is 0 Å². The first-order chi connectivity index (χ1) is 8.16. The summed E-state index contributed by atoms with van der Waals surface area (Å²) in [5.41, 5.74) is 0. The van der Waals surface area contributed by atoms with Crippen molar-refractivity contribution in [2.75, 3.05) is 6.61 Å². The molecule has 100 valence electrons. The van der Waals surface area contributed by atoms with Gasteiger partial charge < -0.3 is 0 Å². The average Bonchev–Trinajstić information content (AvgIpc) is 2.26. The fourth-order valence-electron chi connectivity index (χ4n) is 1.46. The highest BCUT2D eigenvalue weighted by atomic mass is 31.2. The maximum atomic E-state index is 10.8. The van der Waals surface area contributed by atoms with Gasteiger partial charge in [-0.1, -0.05) is 51.9 Å². The molecule has 0 aliphatic rings. The van der Waals surface area contributed by atoms with E-state index in [2.05, 4.69) is 11.2 Å². The Kier molecular flexibility index (Phi) is 12.6. The van der Waals surface area contributed by atoms with Crippen LogP contribution in [-0.4, -0.2) is 11.5 Å². The second-order valence-corrected chi connectivity index (χ2v) is 5.69. The van der Waals surface area contributed by atoms with Crippen molar-refractivity contribution in [1.29, 1.82) is 0 Å². The van der Waals surface area contributed by atoms with Gasteiger partial charge in [0.2, 0.25) is 0 Å². The lowest BCUT2D eigenvalue weighted by Gasteiger charge is -1.98. The number of hydrogen-bond donors (Lipinski definition) is 1. The molecule has 0 heterocycles. The van der Waals surface area contributed by atoms with Gasteiger partial charge in [0.15, 0.2) is 4.31 Å². The Labute approximate surface area is 105 Å².